The van der Waals surface area contributed by atoms with Crippen LogP contribution in [0.5, 0.6) is 5.75 Å². The van der Waals surface area contributed by atoms with Crippen LogP contribution >= 0.6 is 11.8 Å². The molecule has 0 aliphatic carbocycles. The molecule has 5 heteroatoms. The molecule has 3 N–H and O–H groups in total. The highest BCUT2D eigenvalue weighted by molar-refractivity contribution is 7.99. The summed E-state index contributed by atoms with van der Waals surface area (Å²) in [6.45, 7) is -0.0136. The average Bonchev–Trinajstić information content (AvgIpc) is 2.49. The lowest BCUT2D eigenvalue weighted by atomic mass is 10.3. The number of carbonyl (C=O) groups is 1. The fourth-order valence-corrected chi connectivity index (χ4v) is 2.49. The van der Waals surface area contributed by atoms with E-state index in [0.717, 1.165) is 21.2 Å². The van der Waals surface area contributed by atoms with Crippen LogP contribution in [0.3, 0.4) is 0 Å². The molecular formula is C15H16N2O2S. The SMILES string of the molecule is COc1cccc(Sc2ccc(NC(=O)CN)cc2)c1. The van der Waals surface area contributed by atoms with E-state index in [1.807, 2.05) is 48.5 Å². The van der Waals surface area contributed by atoms with Crippen molar-refractivity contribution in [2.45, 2.75) is 9.79 Å². The zero-order valence-electron chi connectivity index (χ0n) is 11.1. The molecule has 0 bridgehead atoms. The maximum absolute atomic E-state index is 11.2. The third-order valence-electron chi connectivity index (χ3n) is 2.60. The first-order valence-corrected chi connectivity index (χ1v) is 6.95. The molecule has 0 radical (unpaired) electrons. The maximum Gasteiger partial charge on any atom is 0.238 e. The van der Waals surface area contributed by atoms with Gasteiger partial charge in [-0.3, -0.25) is 4.79 Å². The number of benzene rings is 2. The zero-order chi connectivity index (χ0) is 14.4. The number of carbonyl (C=O) groups excluding carboxylic acids is 1. The van der Waals surface area contributed by atoms with Crippen LogP contribution in [0, 0.1) is 0 Å². The second kappa shape index (κ2) is 6.98. The van der Waals surface area contributed by atoms with Crippen molar-refractivity contribution in [3.8, 4) is 5.75 Å². The van der Waals surface area contributed by atoms with Gasteiger partial charge in [0.25, 0.3) is 0 Å². The monoisotopic (exact) mass is 288 g/mol. The molecule has 0 aliphatic rings. The Bertz CT molecular complexity index is 585. The summed E-state index contributed by atoms with van der Waals surface area (Å²) in [6.07, 6.45) is 0. The van der Waals surface area contributed by atoms with Gasteiger partial charge in [-0.1, -0.05) is 17.8 Å². The normalized spacial score (nSPS) is 10.1. The molecule has 104 valence electrons. The summed E-state index contributed by atoms with van der Waals surface area (Å²) < 4.78 is 5.20. The number of ether oxygens (including phenoxy) is 1. The van der Waals surface area contributed by atoms with Gasteiger partial charge in [0.2, 0.25) is 5.91 Å². The molecule has 0 fully saturated rings. The third kappa shape index (κ3) is 4.01. The molecule has 2 aromatic carbocycles. The van der Waals surface area contributed by atoms with E-state index in [-0.39, 0.29) is 12.5 Å². The molecule has 2 aromatic rings. The Morgan fingerprint density at radius 3 is 2.60 bits per heavy atom. The van der Waals surface area contributed by atoms with Crippen molar-refractivity contribution in [1.82, 2.24) is 0 Å². The van der Waals surface area contributed by atoms with E-state index in [2.05, 4.69) is 5.32 Å². The minimum absolute atomic E-state index is 0.0136. The van der Waals surface area contributed by atoms with Crippen molar-refractivity contribution in [2.75, 3.05) is 19.0 Å². The molecule has 0 atom stereocenters. The van der Waals surface area contributed by atoms with Gasteiger partial charge < -0.3 is 15.8 Å². The molecule has 0 aliphatic heterocycles. The van der Waals surface area contributed by atoms with E-state index in [1.54, 1.807) is 18.9 Å². The van der Waals surface area contributed by atoms with E-state index < -0.39 is 0 Å². The Hall–Kier alpha value is -1.98. The number of hydrogen-bond donors (Lipinski definition) is 2. The lowest BCUT2D eigenvalue weighted by Gasteiger charge is -2.06. The number of nitrogens with two attached hydrogens (primary N) is 1. The summed E-state index contributed by atoms with van der Waals surface area (Å²) in [5, 5.41) is 2.71. The fraction of sp³-hybridized carbons (Fsp3) is 0.133. The maximum atomic E-state index is 11.2. The number of methoxy groups -OCH3 is 1. The largest absolute Gasteiger partial charge is 0.497 e. The van der Waals surface area contributed by atoms with Crippen LogP contribution in [-0.4, -0.2) is 19.6 Å². The lowest BCUT2D eigenvalue weighted by molar-refractivity contribution is -0.114. The van der Waals surface area contributed by atoms with Crippen LogP contribution in [0.1, 0.15) is 0 Å². The molecule has 0 saturated carbocycles. The van der Waals surface area contributed by atoms with Crippen molar-refractivity contribution in [2.24, 2.45) is 5.73 Å². The first kappa shape index (κ1) is 14.4. The number of nitrogens with one attached hydrogen (secondary N) is 1. The van der Waals surface area contributed by atoms with Crippen molar-refractivity contribution < 1.29 is 9.53 Å². The molecule has 0 spiro atoms. The quantitative estimate of drug-likeness (QED) is 0.888. The number of amides is 1. The fourth-order valence-electron chi connectivity index (χ4n) is 1.62. The van der Waals surface area contributed by atoms with Crippen molar-refractivity contribution in [1.29, 1.82) is 0 Å². The van der Waals surface area contributed by atoms with Crippen molar-refractivity contribution in [3.05, 3.63) is 48.5 Å². The Kier molecular flexibility index (Phi) is 5.03. The van der Waals surface area contributed by atoms with Gasteiger partial charge in [0, 0.05) is 15.5 Å². The highest BCUT2D eigenvalue weighted by atomic mass is 32.2. The molecule has 0 unspecified atom stereocenters. The van der Waals surface area contributed by atoms with Crippen molar-refractivity contribution in [3.63, 3.8) is 0 Å². The molecule has 0 saturated heterocycles. The summed E-state index contributed by atoms with van der Waals surface area (Å²) in [6, 6.07) is 15.5. The molecule has 2 rings (SSSR count). The summed E-state index contributed by atoms with van der Waals surface area (Å²) in [5.41, 5.74) is 6.00. The van der Waals surface area contributed by atoms with Crippen LogP contribution in [0.2, 0.25) is 0 Å². The van der Waals surface area contributed by atoms with E-state index in [9.17, 15) is 4.79 Å². The molecule has 4 nitrogen and oxygen atoms in total. The second-order valence-electron chi connectivity index (χ2n) is 4.06. The Morgan fingerprint density at radius 2 is 1.95 bits per heavy atom. The first-order chi connectivity index (χ1) is 9.71. The highest BCUT2D eigenvalue weighted by Crippen LogP contribution is 2.30. The van der Waals surface area contributed by atoms with Crippen molar-refractivity contribution >= 4 is 23.4 Å². The predicted octanol–water partition coefficient (Wildman–Crippen LogP) is 2.74. The van der Waals surface area contributed by atoms with Gasteiger partial charge in [-0.15, -0.1) is 0 Å². The van der Waals surface area contributed by atoms with E-state index in [1.165, 1.54) is 0 Å². The predicted molar refractivity (Wildman–Crippen MR) is 81.2 cm³/mol. The molecule has 0 heterocycles. The average molecular weight is 288 g/mol. The van der Waals surface area contributed by atoms with Crippen LogP contribution in [0.4, 0.5) is 5.69 Å². The van der Waals surface area contributed by atoms with Crippen LogP contribution in [0.25, 0.3) is 0 Å². The van der Waals surface area contributed by atoms with Gasteiger partial charge in [0.1, 0.15) is 5.75 Å². The van der Waals surface area contributed by atoms with Gasteiger partial charge in [-0.2, -0.15) is 0 Å². The third-order valence-corrected chi connectivity index (χ3v) is 3.60. The van der Waals surface area contributed by atoms with Gasteiger partial charge in [-0.05, 0) is 42.5 Å². The van der Waals surface area contributed by atoms with Gasteiger partial charge >= 0.3 is 0 Å². The Balaban J connectivity index is 2.04. The highest BCUT2D eigenvalue weighted by Gasteiger charge is 2.01. The topological polar surface area (TPSA) is 64.3 Å². The van der Waals surface area contributed by atoms with Gasteiger partial charge in [0.15, 0.2) is 0 Å². The summed E-state index contributed by atoms with van der Waals surface area (Å²) in [7, 11) is 1.65. The summed E-state index contributed by atoms with van der Waals surface area (Å²) in [4.78, 5) is 13.4. The molecule has 0 aromatic heterocycles. The Morgan fingerprint density at radius 1 is 1.20 bits per heavy atom. The molecular weight excluding hydrogens is 272 g/mol. The molecule has 20 heavy (non-hydrogen) atoms. The molecule has 1 amide bonds. The van der Waals surface area contributed by atoms with E-state index in [4.69, 9.17) is 10.5 Å². The number of rotatable bonds is 5. The van der Waals surface area contributed by atoms with Crippen LogP contribution in [-0.2, 0) is 4.79 Å². The summed E-state index contributed by atoms with van der Waals surface area (Å²) in [5.74, 6) is 0.639. The van der Waals surface area contributed by atoms with Gasteiger partial charge in [-0.25, -0.2) is 0 Å². The zero-order valence-corrected chi connectivity index (χ0v) is 11.9. The standard InChI is InChI=1S/C15H16N2O2S/c1-19-12-3-2-4-14(9-12)20-13-7-5-11(6-8-13)17-15(18)10-16/h2-9H,10,16H2,1H3,(H,17,18). The van der Waals surface area contributed by atoms with E-state index >= 15 is 0 Å². The number of anilines is 1. The van der Waals surface area contributed by atoms with Crippen LogP contribution in [0.15, 0.2) is 58.3 Å². The minimum atomic E-state index is -0.196. The minimum Gasteiger partial charge on any atom is -0.497 e. The van der Waals surface area contributed by atoms with Gasteiger partial charge in [0.05, 0.1) is 13.7 Å². The van der Waals surface area contributed by atoms with Crippen LogP contribution < -0.4 is 15.8 Å². The van der Waals surface area contributed by atoms with E-state index in [0.29, 0.717) is 0 Å². The smallest absolute Gasteiger partial charge is 0.238 e. The lowest BCUT2D eigenvalue weighted by Crippen LogP contribution is -2.21. The Labute approximate surface area is 122 Å². The summed E-state index contributed by atoms with van der Waals surface area (Å²) >= 11 is 1.63. The second-order valence-corrected chi connectivity index (χ2v) is 5.20. The number of hydrogen-bond acceptors (Lipinski definition) is 4. The first-order valence-electron chi connectivity index (χ1n) is 6.13.